The lowest BCUT2D eigenvalue weighted by Gasteiger charge is -2.20. The van der Waals surface area contributed by atoms with E-state index < -0.39 is 0 Å². The van der Waals surface area contributed by atoms with Gasteiger partial charge in [-0.15, -0.1) is 0 Å². The first kappa shape index (κ1) is 24.1. The Bertz CT molecular complexity index is 1820. The summed E-state index contributed by atoms with van der Waals surface area (Å²) in [5, 5.41) is 6.31. The van der Waals surface area contributed by atoms with Crippen molar-refractivity contribution in [1.29, 1.82) is 0 Å². The van der Waals surface area contributed by atoms with Crippen molar-refractivity contribution in [3.05, 3.63) is 65.8 Å². The van der Waals surface area contributed by atoms with Crippen molar-refractivity contribution in [3.63, 3.8) is 0 Å². The zero-order chi connectivity index (χ0) is 27.5. The second-order valence-corrected chi connectivity index (χ2v) is 10.2. The molecule has 1 atom stereocenters. The molecule has 2 aliphatic heterocycles. The summed E-state index contributed by atoms with van der Waals surface area (Å²) in [6.45, 7) is 3.24. The summed E-state index contributed by atoms with van der Waals surface area (Å²) in [5.74, 6) is 0.402. The van der Waals surface area contributed by atoms with Crippen molar-refractivity contribution < 1.29 is 18.7 Å². The number of amides is 2. The molecule has 1 saturated heterocycles. The van der Waals surface area contributed by atoms with E-state index in [0.29, 0.717) is 53.8 Å². The Labute approximate surface area is 228 Å². The maximum atomic E-state index is 13.1. The van der Waals surface area contributed by atoms with Crippen molar-refractivity contribution in [3.8, 4) is 11.3 Å². The molecule has 0 aliphatic carbocycles. The summed E-state index contributed by atoms with van der Waals surface area (Å²) in [7, 11) is 3.89. The molecule has 0 spiro atoms. The van der Waals surface area contributed by atoms with Crippen molar-refractivity contribution in [2.45, 2.75) is 26.1 Å². The zero-order valence-electron chi connectivity index (χ0n) is 22.1. The number of benzene rings is 1. The second kappa shape index (κ2) is 9.06. The van der Waals surface area contributed by atoms with Crippen LogP contribution in [-0.4, -0.2) is 63.0 Å². The number of ether oxygens (including phenoxy) is 1. The van der Waals surface area contributed by atoms with Crippen molar-refractivity contribution in [1.82, 2.24) is 29.6 Å². The molecule has 2 aliphatic rings. The topological polar surface area (TPSA) is 130 Å². The number of anilines is 3. The van der Waals surface area contributed by atoms with E-state index in [1.807, 2.05) is 60.7 Å². The van der Waals surface area contributed by atoms with E-state index in [2.05, 4.69) is 20.6 Å². The fourth-order valence-corrected chi connectivity index (χ4v) is 5.43. The van der Waals surface area contributed by atoms with Gasteiger partial charge in [0.2, 0.25) is 5.71 Å². The number of pyridine rings is 1. The fraction of sp³-hybridized carbons (Fsp3) is 0.250. The Kier molecular flexibility index (Phi) is 5.46. The second-order valence-electron chi connectivity index (χ2n) is 10.2. The number of cyclic esters (lactones) is 1. The zero-order valence-corrected chi connectivity index (χ0v) is 22.1. The molecule has 0 saturated carbocycles. The van der Waals surface area contributed by atoms with E-state index in [9.17, 15) is 9.59 Å². The molecule has 12 nitrogen and oxygen atoms in total. The van der Waals surface area contributed by atoms with Crippen molar-refractivity contribution >= 4 is 46.1 Å². The molecule has 7 rings (SSSR count). The van der Waals surface area contributed by atoms with Crippen LogP contribution in [0.5, 0.6) is 0 Å². The van der Waals surface area contributed by atoms with Gasteiger partial charge in [-0.3, -0.25) is 14.1 Å². The lowest BCUT2D eigenvalue weighted by Crippen LogP contribution is -2.27. The Morgan fingerprint density at radius 1 is 1.12 bits per heavy atom. The van der Waals surface area contributed by atoms with Gasteiger partial charge in [0.1, 0.15) is 17.4 Å². The molecule has 202 valence electrons. The van der Waals surface area contributed by atoms with Crippen LogP contribution in [0.15, 0.2) is 53.4 Å². The smallest absolute Gasteiger partial charge is 0.414 e. The van der Waals surface area contributed by atoms with Gasteiger partial charge in [0.25, 0.3) is 5.91 Å². The standard InChI is InChI=1S/C28H26N8O4/c1-15-13-35(28(38)40-15)20-6-7-23(33-19(20)14-34(2)3)32-18-5-4-16(17-10-30-26(37)25(17)18)22-11-29-24-12-31-27-21(36(22)24)8-9-39-27/h4-9,11-12,15H,10,13-14H2,1-3H3,(H,30,37)(H,32,33)/t15-/m0/s1. The molecule has 0 unspecified atom stereocenters. The Hall–Kier alpha value is -4.97. The number of rotatable bonds is 6. The molecule has 1 aromatic carbocycles. The van der Waals surface area contributed by atoms with Crippen LogP contribution in [-0.2, 0) is 17.8 Å². The lowest BCUT2D eigenvalue weighted by atomic mass is 9.99. The first-order valence-electron chi connectivity index (χ1n) is 12.9. The van der Waals surface area contributed by atoms with E-state index in [1.54, 1.807) is 23.6 Å². The number of hydrogen-bond donors (Lipinski definition) is 2. The van der Waals surface area contributed by atoms with Gasteiger partial charge in [-0.2, -0.15) is 0 Å². The van der Waals surface area contributed by atoms with Crippen LogP contribution in [0.4, 0.5) is 22.0 Å². The number of fused-ring (bicyclic) bond motifs is 4. The van der Waals surface area contributed by atoms with E-state index in [1.165, 1.54) is 0 Å². The highest BCUT2D eigenvalue weighted by molar-refractivity contribution is 6.06. The van der Waals surface area contributed by atoms with Gasteiger partial charge in [-0.1, -0.05) is 6.07 Å². The summed E-state index contributed by atoms with van der Waals surface area (Å²) in [4.78, 5) is 42.8. The molecule has 6 heterocycles. The number of nitrogens with one attached hydrogen (secondary N) is 2. The van der Waals surface area contributed by atoms with Gasteiger partial charge in [0.05, 0.1) is 53.5 Å². The first-order chi connectivity index (χ1) is 19.4. The van der Waals surface area contributed by atoms with Gasteiger partial charge >= 0.3 is 6.09 Å². The lowest BCUT2D eigenvalue weighted by molar-refractivity contribution is 0.0966. The monoisotopic (exact) mass is 538 g/mol. The molecule has 2 amide bonds. The Morgan fingerprint density at radius 2 is 2.00 bits per heavy atom. The normalized spacial score (nSPS) is 16.7. The van der Waals surface area contributed by atoms with Gasteiger partial charge in [0.15, 0.2) is 5.65 Å². The highest BCUT2D eigenvalue weighted by Gasteiger charge is 2.32. The van der Waals surface area contributed by atoms with E-state index in [-0.39, 0.29) is 18.1 Å². The number of imidazole rings is 1. The average Bonchev–Trinajstić information content (AvgIpc) is 3.70. The van der Waals surface area contributed by atoms with Crippen LogP contribution in [0, 0.1) is 0 Å². The third kappa shape index (κ3) is 3.83. The summed E-state index contributed by atoms with van der Waals surface area (Å²) in [6, 6.07) is 9.39. The fourth-order valence-electron chi connectivity index (χ4n) is 5.43. The minimum atomic E-state index is -0.379. The van der Waals surface area contributed by atoms with Crippen LogP contribution in [0.1, 0.15) is 28.5 Å². The van der Waals surface area contributed by atoms with Crippen LogP contribution in [0.25, 0.3) is 28.1 Å². The van der Waals surface area contributed by atoms with Gasteiger partial charge in [0, 0.05) is 24.7 Å². The predicted octanol–water partition coefficient (Wildman–Crippen LogP) is 3.93. The highest BCUT2D eigenvalue weighted by atomic mass is 16.6. The van der Waals surface area contributed by atoms with E-state index >= 15 is 0 Å². The molecule has 0 radical (unpaired) electrons. The Balaban J connectivity index is 1.29. The SMILES string of the molecule is C[C@H]1CN(c2ccc(Nc3ccc(-c4cnc5cnc6occc6n45)c4c3C(=O)NC4)nc2CN(C)C)C(=O)O1. The number of furan rings is 1. The largest absolute Gasteiger partial charge is 0.445 e. The van der Waals surface area contributed by atoms with Crippen LogP contribution in [0.2, 0.25) is 0 Å². The maximum Gasteiger partial charge on any atom is 0.414 e. The third-order valence-electron chi connectivity index (χ3n) is 7.13. The first-order valence-corrected chi connectivity index (χ1v) is 12.9. The molecular weight excluding hydrogens is 512 g/mol. The summed E-state index contributed by atoms with van der Waals surface area (Å²) < 4.78 is 12.8. The van der Waals surface area contributed by atoms with Gasteiger partial charge in [-0.25, -0.2) is 19.7 Å². The van der Waals surface area contributed by atoms with Gasteiger partial charge < -0.3 is 24.7 Å². The van der Waals surface area contributed by atoms with Crippen molar-refractivity contribution in [2.24, 2.45) is 0 Å². The third-order valence-corrected chi connectivity index (χ3v) is 7.13. The summed E-state index contributed by atoms with van der Waals surface area (Å²) in [5.41, 5.74) is 7.22. The maximum absolute atomic E-state index is 13.1. The van der Waals surface area contributed by atoms with Crippen LogP contribution in [0.3, 0.4) is 0 Å². The molecule has 40 heavy (non-hydrogen) atoms. The van der Waals surface area contributed by atoms with Crippen molar-refractivity contribution in [2.75, 3.05) is 30.9 Å². The molecule has 5 aromatic rings. The number of carbonyl (C=O) groups is 2. The molecular formula is C28H26N8O4. The Morgan fingerprint density at radius 3 is 2.80 bits per heavy atom. The number of aromatic nitrogens is 4. The average molecular weight is 539 g/mol. The summed E-state index contributed by atoms with van der Waals surface area (Å²) >= 11 is 0. The molecule has 4 aromatic heterocycles. The van der Waals surface area contributed by atoms with E-state index in [0.717, 1.165) is 28.0 Å². The predicted molar refractivity (Wildman–Crippen MR) is 148 cm³/mol. The van der Waals surface area contributed by atoms with Crippen LogP contribution >= 0.6 is 0 Å². The van der Waals surface area contributed by atoms with Gasteiger partial charge in [-0.05, 0) is 44.8 Å². The summed E-state index contributed by atoms with van der Waals surface area (Å²) in [6.07, 6.45) is 4.48. The quantitative estimate of drug-likeness (QED) is 0.330. The number of carbonyl (C=O) groups excluding carboxylic acids is 2. The molecule has 0 bridgehead atoms. The molecule has 1 fully saturated rings. The minimum absolute atomic E-state index is 0.165. The number of hydrogen-bond acceptors (Lipinski definition) is 9. The molecule has 2 N–H and O–H groups in total. The van der Waals surface area contributed by atoms with E-state index in [4.69, 9.17) is 14.1 Å². The van der Waals surface area contributed by atoms with Crippen LogP contribution < -0.4 is 15.5 Å². The molecule has 12 heteroatoms. The number of nitrogens with zero attached hydrogens (tertiary/aromatic N) is 6. The minimum Gasteiger partial charge on any atom is -0.445 e. The highest BCUT2D eigenvalue weighted by Crippen LogP contribution is 2.37.